The van der Waals surface area contributed by atoms with E-state index in [0.717, 1.165) is 6.07 Å². The van der Waals surface area contributed by atoms with Crippen LogP contribution in [0.2, 0.25) is 0 Å². The second-order valence-electron chi connectivity index (χ2n) is 2.90. The van der Waals surface area contributed by atoms with Crippen molar-refractivity contribution in [1.82, 2.24) is 0 Å². The molecule has 4 nitrogen and oxygen atoms in total. The first-order valence-electron chi connectivity index (χ1n) is 4.27. The molecule has 0 spiro atoms. The molecule has 4 heteroatoms. The van der Waals surface area contributed by atoms with Crippen molar-refractivity contribution in [3.05, 3.63) is 28.8 Å². The van der Waals surface area contributed by atoms with Gasteiger partial charge in [-0.2, -0.15) is 0 Å². The summed E-state index contributed by atoms with van der Waals surface area (Å²) in [6, 6.07) is 1.14. The Kier molecular flexibility index (Phi) is 3.23. The number of aldehydes is 2. The van der Waals surface area contributed by atoms with E-state index in [1.54, 1.807) is 13.0 Å². The standard InChI is InChI=1S/C11H10O4/c1-2-3-9-10(14)7(5-12)4-8(6-13)11(9)15/h2-6,14-15H,1H3. The number of aromatic hydroxyl groups is 2. The minimum Gasteiger partial charge on any atom is -0.506 e. The number of phenolic OH excluding ortho intramolecular Hbond substituents is 2. The van der Waals surface area contributed by atoms with Crippen LogP contribution in [0.5, 0.6) is 11.5 Å². The summed E-state index contributed by atoms with van der Waals surface area (Å²) in [5.74, 6) is -0.655. The summed E-state index contributed by atoms with van der Waals surface area (Å²) in [5.41, 5.74) is 0.0233. The number of carbonyl (C=O) groups is 2. The minimum absolute atomic E-state index is 0.0250. The summed E-state index contributed by atoms with van der Waals surface area (Å²) < 4.78 is 0. The molecular weight excluding hydrogens is 196 g/mol. The van der Waals surface area contributed by atoms with Gasteiger partial charge in [-0.15, -0.1) is 0 Å². The van der Waals surface area contributed by atoms with E-state index in [2.05, 4.69) is 0 Å². The molecule has 0 aliphatic carbocycles. The van der Waals surface area contributed by atoms with Crippen LogP contribution in [-0.4, -0.2) is 22.8 Å². The van der Waals surface area contributed by atoms with E-state index in [-0.39, 0.29) is 28.2 Å². The Labute approximate surface area is 86.5 Å². The summed E-state index contributed by atoms with van der Waals surface area (Å²) >= 11 is 0. The molecule has 0 radical (unpaired) electrons. The maximum atomic E-state index is 10.6. The van der Waals surface area contributed by atoms with E-state index in [0.29, 0.717) is 12.6 Å². The second kappa shape index (κ2) is 4.41. The monoisotopic (exact) mass is 206 g/mol. The van der Waals surface area contributed by atoms with Gasteiger partial charge in [-0.1, -0.05) is 12.2 Å². The van der Waals surface area contributed by atoms with Crippen molar-refractivity contribution < 1.29 is 19.8 Å². The Hall–Kier alpha value is -2.10. The highest BCUT2D eigenvalue weighted by Crippen LogP contribution is 2.33. The fourth-order valence-corrected chi connectivity index (χ4v) is 1.23. The van der Waals surface area contributed by atoms with Crippen LogP contribution in [0.4, 0.5) is 0 Å². The number of phenols is 2. The first kappa shape index (κ1) is 11.0. The quantitative estimate of drug-likeness (QED) is 0.739. The van der Waals surface area contributed by atoms with E-state index < -0.39 is 0 Å². The summed E-state index contributed by atoms with van der Waals surface area (Å²) in [5, 5.41) is 19.1. The first-order valence-corrected chi connectivity index (χ1v) is 4.27. The lowest BCUT2D eigenvalue weighted by Gasteiger charge is -2.07. The van der Waals surface area contributed by atoms with E-state index >= 15 is 0 Å². The predicted octanol–water partition coefficient (Wildman–Crippen LogP) is 1.76. The zero-order valence-electron chi connectivity index (χ0n) is 8.10. The van der Waals surface area contributed by atoms with Crippen molar-refractivity contribution in [2.24, 2.45) is 0 Å². The number of hydrogen-bond donors (Lipinski definition) is 2. The van der Waals surface area contributed by atoms with E-state index in [4.69, 9.17) is 0 Å². The second-order valence-corrected chi connectivity index (χ2v) is 2.90. The normalized spacial score (nSPS) is 10.5. The van der Waals surface area contributed by atoms with Crippen molar-refractivity contribution in [3.8, 4) is 11.5 Å². The Morgan fingerprint density at radius 3 is 1.87 bits per heavy atom. The molecule has 0 aliphatic rings. The van der Waals surface area contributed by atoms with Crippen molar-refractivity contribution in [3.63, 3.8) is 0 Å². The van der Waals surface area contributed by atoms with Crippen molar-refractivity contribution >= 4 is 18.6 Å². The van der Waals surface area contributed by atoms with E-state index in [9.17, 15) is 19.8 Å². The zero-order valence-corrected chi connectivity index (χ0v) is 8.10. The Morgan fingerprint density at radius 1 is 1.07 bits per heavy atom. The minimum atomic E-state index is -0.328. The molecule has 0 amide bonds. The van der Waals surface area contributed by atoms with Gasteiger partial charge in [-0.25, -0.2) is 0 Å². The van der Waals surface area contributed by atoms with Crippen LogP contribution < -0.4 is 0 Å². The highest BCUT2D eigenvalue weighted by Gasteiger charge is 2.14. The van der Waals surface area contributed by atoms with Crippen LogP contribution in [0.1, 0.15) is 33.2 Å². The molecule has 0 unspecified atom stereocenters. The lowest BCUT2D eigenvalue weighted by atomic mass is 10.0. The zero-order chi connectivity index (χ0) is 11.4. The summed E-state index contributed by atoms with van der Waals surface area (Å²) in [4.78, 5) is 21.2. The molecule has 1 aromatic rings. The third-order valence-corrected chi connectivity index (χ3v) is 1.96. The summed E-state index contributed by atoms with van der Waals surface area (Å²) in [6.45, 7) is 1.69. The van der Waals surface area contributed by atoms with Gasteiger partial charge in [0, 0.05) is 0 Å². The fraction of sp³-hybridized carbons (Fsp3) is 0.0909. The largest absolute Gasteiger partial charge is 0.506 e. The molecular formula is C11H10O4. The highest BCUT2D eigenvalue weighted by atomic mass is 16.3. The van der Waals surface area contributed by atoms with Crippen LogP contribution in [0.25, 0.3) is 6.08 Å². The third-order valence-electron chi connectivity index (χ3n) is 1.96. The molecule has 0 fully saturated rings. The predicted molar refractivity (Wildman–Crippen MR) is 55.3 cm³/mol. The van der Waals surface area contributed by atoms with Gasteiger partial charge < -0.3 is 10.2 Å². The van der Waals surface area contributed by atoms with Crippen LogP contribution in [0.3, 0.4) is 0 Å². The highest BCUT2D eigenvalue weighted by molar-refractivity contribution is 5.91. The first-order chi connectivity index (χ1) is 7.15. The third kappa shape index (κ3) is 1.88. The molecule has 1 aromatic carbocycles. The Morgan fingerprint density at radius 2 is 1.53 bits per heavy atom. The van der Waals surface area contributed by atoms with Gasteiger partial charge in [0.1, 0.15) is 11.5 Å². The van der Waals surface area contributed by atoms with Crippen LogP contribution in [0.15, 0.2) is 12.1 Å². The average Bonchev–Trinajstić information content (AvgIpc) is 2.25. The molecule has 0 aromatic heterocycles. The van der Waals surface area contributed by atoms with Gasteiger partial charge in [0.05, 0.1) is 16.7 Å². The molecule has 0 heterocycles. The van der Waals surface area contributed by atoms with Gasteiger partial charge in [-0.3, -0.25) is 9.59 Å². The average molecular weight is 206 g/mol. The van der Waals surface area contributed by atoms with Crippen LogP contribution in [-0.2, 0) is 0 Å². The van der Waals surface area contributed by atoms with E-state index in [1.807, 2.05) is 0 Å². The van der Waals surface area contributed by atoms with Crippen molar-refractivity contribution in [1.29, 1.82) is 0 Å². The van der Waals surface area contributed by atoms with Crippen molar-refractivity contribution in [2.45, 2.75) is 6.92 Å². The van der Waals surface area contributed by atoms with Gasteiger partial charge in [0.2, 0.25) is 0 Å². The lowest BCUT2D eigenvalue weighted by molar-refractivity contribution is 0.111. The van der Waals surface area contributed by atoms with E-state index in [1.165, 1.54) is 6.08 Å². The maximum absolute atomic E-state index is 10.6. The topological polar surface area (TPSA) is 74.6 Å². The van der Waals surface area contributed by atoms with Gasteiger partial charge in [0.25, 0.3) is 0 Å². The molecule has 78 valence electrons. The SMILES string of the molecule is CC=Cc1c(O)c(C=O)cc(C=O)c1O. The molecule has 0 saturated heterocycles. The van der Waals surface area contributed by atoms with Gasteiger partial charge >= 0.3 is 0 Å². The van der Waals surface area contributed by atoms with Crippen molar-refractivity contribution in [2.75, 3.05) is 0 Å². The summed E-state index contributed by atoms with van der Waals surface area (Å²) in [7, 11) is 0. The molecule has 1 rings (SSSR count). The molecule has 0 aliphatic heterocycles. The van der Waals surface area contributed by atoms with Crippen LogP contribution in [0, 0.1) is 0 Å². The Balaban J connectivity index is 3.59. The molecule has 15 heavy (non-hydrogen) atoms. The number of allylic oxidation sites excluding steroid dienone is 1. The molecule has 0 saturated carbocycles. The molecule has 2 N–H and O–H groups in total. The number of hydrogen-bond acceptors (Lipinski definition) is 4. The molecule has 0 bridgehead atoms. The lowest BCUT2D eigenvalue weighted by Crippen LogP contribution is -1.91. The number of rotatable bonds is 3. The number of benzene rings is 1. The summed E-state index contributed by atoms with van der Waals surface area (Å²) in [6.07, 6.45) is 3.85. The van der Waals surface area contributed by atoms with Gasteiger partial charge in [0.15, 0.2) is 12.6 Å². The number of carbonyl (C=O) groups excluding carboxylic acids is 2. The Bertz CT molecular complexity index is 400. The fourth-order valence-electron chi connectivity index (χ4n) is 1.23. The maximum Gasteiger partial charge on any atom is 0.153 e. The van der Waals surface area contributed by atoms with Crippen LogP contribution >= 0.6 is 0 Å². The smallest absolute Gasteiger partial charge is 0.153 e. The van der Waals surface area contributed by atoms with Gasteiger partial charge in [-0.05, 0) is 13.0 Å². The molecule has 0 atom stereocenters.